The van der Waals surface area contributed by atoms with Crippen molar-refractivity contribution in [1.82, 2.24) is 9.13 Å². The number of para-hydroxylation sites is 3. The van der Waals surface area contributed by atoms with Crippen molar-refractivity contribution in [2.75, 3.05) is 0 Å². The molecule has 0 saturated carbocycles. The lowest BCUT2D eigenvalue weighted by Gasteiger charge is -2.11. The Morgan fingerprint density at radius 1 is 0.281 bits per heavy atom. The van der Waals surface area contributed by atoms with Crippen molar-refractivity contribution in [2.45, 2.75) is 0 Å². The number of benzene rings is 9. The van der Waals surface area contributed by atoms with Gasteiger partial charge in [0.2, 0.25) is 0 Å². The molecule has 0 spiro atoms. The molecule has 0 amide bonds. The Kier molecular flexibility index (Phi) is 6.93. The topological polar surface area (TPSA) is 23.0 Å². The van der Waals surface area contributed by atoms with Gasteiger partial charge in [0.05, 0.1) is 22.1 Å². The Morgan fingerprint density at radius 3 is 1.51 bits per heavy atom. The molecule has 0 atom stereocenters. The van der Waals surface area contributed by atoms with Gasteiger partial charge in [0.25, 0.3) is 0 Å². The van der Waals surface area contributed by atoms with E-state index in [9.17, 15) is 0 Å². The van der Waals surface area contributed by atoms with Crippen LogP contribution in [0.25, 0.3) is 110 Å². The minimum atomic E-state index is 0.908. The molecule has 0 fully saturated rings. The Bertz CT molecular complexity index is 3490. The third-order valence-corrected chi connectivity index (χ3v) is 11.7. The van der Waals surface area contributed by atoms with E-state index in [0.29, 0.717) is 0 Å². The molecule has 3 heteroatoms. The summed E-state index contributed by atoms with van der Waals surface area (Å²) < 4.78 is 11.3. The first-order valence-corrected chi connectivity index (χ1v) is 19.5. The van der Waals surface area contributed by atoms with Crippen molar-refractivity contribution < 1.29 is 4.42 Å². The molecule has 9 aromatic carbocycles. The van der Waals surface area contributed by atoms with Crippen LogP contribution in [0.4, 0.5) is 0 Å². The van der Waals surface area contributed by atoms with Crippen LogP contribution in [-0.4, -0.2) is 9.13 Å². The standard InChI is InChI=1S/C54H34N2O/c1-2-11-35(12-3-1)38-13-10-14-39(33-38)40-25-32-51-48(34-40)44-16-5-7-18-49(44)55(51)41-26-21-36(22-27-41)37-23-28-42(29-24-37)56-50-19-8-4-15-43(50)46-30-31-47-45-17-6-9-20-52(45)57-54(47)53(46)56/h1-34H. The van der Waals surface area contributed by atoms with Crippen LogP contribution in [0.5, 0.6) is 0 Å². The molecule has 0 bridgehead atoms. The van der Waals surface area contributed by atoms with Crippen molar-refractivity contribution in [1.29, 1.82) is 0 Å². The normalized spacial score (nSPS) is 11.9. The van der Waals surface area contributed by atoms with Gasteiger partial charge in [-0.05, 0) is 100 Å². The fourth-order valence-corrected chi connectivity index (χ4v) is 9.04. The van der Waals surface area contributed by atoms with E-state index < -0.39 is 0 Å². The van der Waals surface area contributed by atoms with E-state index in [1.807, 2.05) is 6.07 Å². The van der Waals surface area contributed by atoms with Crippen LogP contribution in [0, 0.1) is 0 Å². The lowest BCUT2D eigenvalue weighted by atomic mass is 9.98. The molecule has 0 aliphatic rings. The van der Waals surface area contributed by atoms with Crippen LogP contribution in [0.1, 0.15) is 0 Å². The van der Waals surface area contributed by atoms with E-state index in [0.717, 1.165) is 44.3 Å². The zero-order chi connectivity index (χ0) is 37.5. The molecule has 3 heterocycles. The van der Waals surface area contributed by atoms with Gasteiger partial charge in [-0.15, -0.1) is 0 Å². The molecule has 57 heavy (non-hydrogen) atoms. The van der Waals surface area contributed by atoms with Crippen LogP contribution >= 0.6 is 0 Å². The van der Waals surface area contributed by atoms with Crippen molar-refractivity contribution in [2.24, 2.45) is 0 Å². The fourth-order valence-electron chi connectivity index (χ4n) is 9.04. The highest BCUT2D eigenvalue weighted by Crippen LogP contribution is 2.41. The van der Waals surface area contributed by atoms with Crippen molar-refractivity contribution in [3.05, 3.63) is 206 Å². The van der Waals surface area contributed by atoms with Gasteiger partial charge in [-0.1, -0.05) is 140 Å². The molecular weight excluding hydrogens is 693 g/mol. The van der Waals surface area contributed by atoms with Gasteiger partial charge >= 0.3 is 0 Å². The molecule has 0 aliphatic heterocycles. The summed E-state index contributed by atoms with van der Waals surface area (Å²) in [5, 5.41) is 7.18. The molecule has 0 N–H and O–H groups in total. The minimum absolute atomic E-state index is 0.908. The second kappa shape index (κ2) is 12.5. The summed E-state index contributed by atoms with van der Waals surface area (Å²) in [5.74, 6) is 0. The second-order valence-corrected chi connectivity index (χ2v) is 14.9. The molecule has 0 unspecified atom stereocenters. The van der Waals surface area contributed by atoms with E-state index in [4.69, 9.17) is 4.42 Å². The van der Waals surface area contributed by atoms with Crippen LogP contribution in [0.3, 0.4) is 0 Å². The summed E-state index contributed by atoms with van der Waals surface area (Å²) in [6.07, 6.45) is 0. The van der Waals surface area contributed by atoms with Gasteiger partial charge in [0, 0.05) is 43.7 Å². The number of rotatable bonds is 5. The summed E-state index contributed by atoms with van der Waals surface area (Å²) in [4.78, 5) is 0. The summed E-state index contributed by atoms with van der Waals surface area (Å²) in [6.45, 7) is 0. The SMILES string of the molecule is c1ccc(-c2cccc(-c3ccc4c(c3)c3ccccc3n4-c3ccc(-c4ccc(-n5c6ccccc6c6ccc7c8ccccc8oc7c65)cc4)cc3)c2)cc1. The van der Waals surface area contributed by atoms with Crippen molar-refractivity contribution >= 4 is 65.6 Å². The summed E-state index contributed by atoms with van der Waals surface area (Å²) in [7, 11) is 0. The van der Waals surface area contributed by atoms with Crippen molar-refractivity contribution in [3.8, 4) is 44.8 Å². The summed E-state index contributed by atoms with van der Waals surface area (Å²) in [6, 6.07) is 74.4. The van der Waals surface area contributed by atoms with E-state index in [-0.39, 0.29) is 0 Å². The largest absolute Gasteiger partial charge is 0.454 e. The highest BCUT2D eigenvalue weighted by molar-refractivity contribution is 6.21. The Labute approximate surface area is 328 Å². The molecule has 0 radical (unpaired) electrons. The monoisotopic (exact) mass is 726 g/mol. The minimum Gasteiger partial charge on any atom is -0.454 e. The maximum absolute atomic E-state index is 6.57. The van der Waals surface area contributed by atoms with Crippen LogP contribution < -0.4 is 0 Å². The lowest BCUT2D eigenvalue weighted by molar-refractivity contribution is 0.671. The Morgan fingerprint density at radius 2 is 0.772 bits per heavy atom. The molecule has 3 aromatic heterocycles. The highest BCUT2D eigenvalue weighted by Gasteiger charge is 2.19. The molecular formula is C54H34N2O. The predicted octanol–water partition coefficient (Wildman–Crippen LogP) is 14.8. The Hall–Kier alpha value is -7.62. The molecule has 0 saturated heterocycles. The summed E-state index contributed by atoms with van der Waals surface area (Å²) in [5.41, 5.74) is 15.9. The quantitative estimate of drug-likeness (QED) is 0.173. The first-order valence-electron chi connectivity index (χ1n) is 19.5. The lowest BCUT2D eigenvalue weighted by Crippen LogP contribution is -1.95. The fraction of sp³-hybridized carbons (Fsp3) is 0. The van der Waals surface area contributed by atoms with Crippen molar-refractivity contribution in [3.63, 3.8) is 0 Å². The van der Waals surface area contributed by atoms with E-state index in [1.54, 1.807) is 0 Å². The smallest absolute Gasteiger partial charge is 0.160 e. The maximum Gasteiger partial charge on any atom is 0.160 e. The molecule has 12 aromatic rings. The van der Waals surface area contributed by atoms with E-state index in [1.165, 1.54) is 66.0 Å². The maximum atomic E-state index is 6.57. The van der Waals surface area contributed by atoms with E-state index in [2.05, 4.69) is 209 Å². The molecule has 12 rings (SSSR count). The van der Waals surface area contributed by atoms with Gasteiger partial charge in [-0.2, -0.15) is 0 Å². The first-order chi connectivity index (χ1) is 28.3. The van der Waals surface area contributed by atoms with Gasteiger partial charge in [0.15, 0.2) is 5.58 Å². The third-order valence-electron chi connectivity index (χ3n) is 11.7. The first kappa shape index (κ1) is 31.7. The molecule has 3 nitrogen and oxygen atoms in total. The van der Waals surface area contributed by atoms with Crippen LogP contribution in [0.2, 0.25) is 0 Å². The zero-order valence-corrected chi connectivity index (χ0v) is 30.9. The third kappa shape index (κ3) is 4.92. The number of hydrogen-bond acceptors (Lipinski definition) is 1. The predicted molar refractivity (Wildman–Crippen MR) is 239 cm³/mol. The highest BCUT2D eigenvalue weighted by atomic mass is 16.3. The summed E-state index contributed by atoms with van der Waals surface area (Å²) >= 11 is 0. The van der Waals surface area contributed by atoms with E-state index >= 15 is 0 Å². The molecule has 0 aliphatic carbocycles. The van der Waals surface area contributed by atoms with Gasteiger partial charge in [-0.3, -0.25) is 0 Å². The molecule has 266 valence electrons. The number of hydrogen-bond donors (Lipinski definition) is 0. The average molecular weight is 727 g/mol. The second-order valence-electron chi connectivity index (χ2n) is 14.9. The Balaban J connectivity index is 0.918. The van der Waals surface area contributed by atoms with Gasteiger partial charge < -0.3 is 13.6 Å². The zero-order valence-electron chi connectivity index (χ0n) is 30.9. The average Bonchev–Trinajstić information content (AvgIpc) is 3.95. The van der Waals surface area contributed by atoms with Gasteiger partial charge in [-0.25, -0.2) is 0 Å². The number of nitrogens with zero attached hydrogens (tertiary/aromatic N) is 2. The number of fused-ring (bicyclic) bond motifs is 10. The van der Waals surface area contributed by atoms with Gasteiger partial charge in [0.1, 0.15) is 5.58 Å². The van der Waals surface area contributed by atoms with Crippen LogP contribution in [0.15, 0.2) is 211 Å². The number of aromatic nitrogens is 2. The number of furan rings is 1. The van der Waals surface area contributed by atoms with Crippen LogP contribution in [-0.2, 0) is 0 Å².